The molecule has 0 amide bonds. The van der Waals surface area contributed by atoms with Gasteiger partial charge in [-0.3, -0.25) is 4.90 Å². The minimum absolute atomic E-state index is 0.564. The van der Waals surface area contributed by atoms with Crippen molar-refractivity contribution >= 4 is 0 Å². The van der Waals surface area contributed by atoms with Gasteiger partial charge in [0.15, 0.2) is 0 Å². The summed E-state index contributed by atoms with van der Waals surface area (Å²) in [6, 6.07) is 13.9. The molecule has 2 heteroatoms. The van der Waals surface area contributed by atoms with E-state index < -0.39 is 0 Å². The molecule has 1 aromatic carbocycles. The first-order valence-electron chi connectivity index (χ1n) is 8.35. The van der Waals surface area contributed by atoms with Crippen LogP contribution in [-0.2, 0) is 0 Å². The normalized spacial score (nSPS) is 32.0. The van der Waals surface area contributed by atoms with Gasteiger partial charge in [0.05, 0.1) is 0 Å². The fraction of sp³-hybridized carbons (Fsp3) is 0.667. The molecule has 0 spiro atoms. The Morgan fingerprint density at radius 1 is 1.15 bits per heavy atom. The van der Waals surface area contributed by atoms with Crippen LogP contribution in [0.4, 0.5) is 0 Å². The van der Waals surface area contributed by atoms with Crippen molar-refractivity contribution in [3.63, 3.8) is 0 Å². The van der Waals surface area contributed by atoms with E-state index in [1.54, 1.807) is 0 Å². The van der Waals surface area contributed by atoms with Crippen molar-refractivity contribution in [2.75, 3.05) is 6.54 Å². The third-order valence-electron chi connectivity index (χ3n) is 5.25. The molecule has 1 N–H and O–H groups in total. The molecule has 3 atom stereocenters. The van der Waals surface area contributed by atoms with Crippen molar-refractivity contribution in [3.05, 3.63) is 35.9 Å². The number of hydrogen-bond acceptors (Lipinski definition) is 2. The summed E-state index contributed by atoms with van der Waals surface area (Å²) in [7, 11) is 0. The van der Waals surface area contributed by atoms with Crippen molar-refractivity contribution in [2.45, 2.75) is 70.1 Å². The lowest BCUT2D eigenvalue weighted by Gasteiger charge is -2.52. The van der Waals surface area contributed by atoms with Crippen LogP contribution in [0.1, 0.15) is 57.6 Å². The molecule has 20 heavy (non-hydrogen) atoms. The Balaban J connectivity index is 1.76. The van der Waals surface area contributed by atoms with E-state index in [1.807, 2.05) is 0 Å². The highest BCUT2D eigenvalue weighted by Gasteiger charge is 2.40. The average molecular weight is 272 g/mol. The minimum Gasteiger partial charge on any atom is -0.314 e. The highest BCUT2D eigenvalue weighted by Crippen LogP contribution is 2.39. The van der Waals surface area contributed by atoms with Gasteiger partial charge in [0.25, 0.3) is 0 Å². The molecule has 2 fully saturated rings. The molecule has 2 heterocycles. The van der Waals surface area contributed by atoms with Gasteiger partial charge >= 0.3 is 0 Å². The largest absolute Gasteiger partial charge is 0.314 e. The van der Waals surface area contributed by atoms with Gasteiger partial charge in [-0.25, -0.2) is 0 Å². The highest BCUT2D eigenvalue weighted by molar-refractivity contribution is 5.19. The van der Waals surface area contributed by atoms with E-state index >= 15 is 0 Å². The number of nitrogens with one attached hydrogen (secondary N) is 1. The minimum atomic E-state index is 0.564. The van der Waals surface area contributed by atoms with Crippen LogP contribution in [0.5, 0.6) is 0 Å². The molecular weight excluding hydrogens is 244 g/mol. The van der Waals surface area contributed by atoms with Crippen molar-refractivity contribution in [3.8, 4) is 0 Å². The highest BCUT2D eigenvalue weighted by atomic mass is 15.2. The first-order chi connectivity index (χ1) is 9.79. The zero-order valence-electron chi connectivity index (χ0n) is 12.9. The molecule has 3 unspecified atom stereocenters. The van der Waals surface area contributed by atoms with Crippen molar-refractivity contribution in [1.29, 1.82) is 0 Å². The summed E-state index contributed by atoms with van der Waals surface area (Å²) in [6.45, 7) is 5.74. The Kier molecular flexibility index (Phi) is 4.42. The Labute approximate surface area is 123 Å². The van der Waals surface area contributed by atoms with E-state index in [4.69, 9.17) is 0 Å². The Bertz CT molecular complexity index is 403. The predicted octanol–water partition coefficient (Wildman–Crippen LogP) is 3.74. The maximum absolute atomic E-state index is 3.69. The van der Waals surface area contributed by atoms with Crippen LogP contribution >= 0.6 is 0 Å². The molecular formula is C18H28N2. The number of rotatable bonds is 4. The van der Waals surface area contributed by atoms with E-state index in [9.17, 15) is 0 Å². The van der Waals surface area contributed by atoms with Gasteiger partial charge < -0.3 is 5.32 Å². The molecule has 2 aliphatic rings. The molecule has 0 aliphatic carbocycles. The fourth-order valence-corrected chi connectivity index (χ4v) is 4.41. The smallest absolute Gasteiger partial charge is 0.0325 e. The molecule has 2 nitrogen and oxygen atoms in total. The molecule has 1 aromatic rings. The number of fused-ring (bicyclic) bond motifs is 2. The summed E-state index contributed by atoms with van der Waals surface area (Å²) < 4.78 is 0. The summed E-state index contributed by atoms with van der Waals surface area (Å²) in [4.78, 5) is 2.83. The van der Waals surface area contributed by atoms with Gasteiger partial charge in [-0.15, -0.1) is 0 Å². The summed E-state index contributed by atoms with van der Waals surface area (Å²) in [5.74, 6) is 0. The first-order valence-corrected chi connectivity index (χ1v) is 8.35. The molecule has 0 aromatic heterocycles. The van der Waals surface area contributed by atoms with Crippen molar-refractivity contribution in [2.24, 2.45) is 0 Å². The fourth-order valence-electron chi connectivity index (χ4n) is 4.41. The second kappa shape index (κ2) is 6.28. The maximum Gasteiger partial charge on any atom is 0.0325 e. The third kappa shape index (κ3) is 2.77. The summed E-state index contributed by atoms with van der Waals surface area (Å²) >= 11 is 0. The van der Waals surface area contributed by atoms with Crippen LogP contribution in [0.3, 0.4) is 0 Å². The van der Waals surface area contributed by atoms with Crippen molar-refractivity contribution < 1.29 is 0 Å². The lowest BCUT2D eigenvalue weighted by atomic mass is 9.80. The molecule has 3 rings (SSSR count). The topological polar surface area (TPSA) is 15.3 Å². The van der Waals surface area contributed by atoms with E-state index in [-0.39, 0.29) is 0 Å². The number of nitrogens with zero attached hydrogens (tertiary/aromatic N) is 1. The van der Waals surface area contributed by atoms with E-state index in [2.05, 4.69) is 54.4 Å². The Hall–Kier alpha value is -0.860. The third-order valence-corrected chi connectivity index (χ3v) is 5.25. The van der Waals surface area contributed by atoms with Crippen LogP contribution in [0.15, 0.2) is 30.3 Å². The van der Waals surface area contributed by atoms with Gasteiger partial charge in [-0.05, 0) is 44.7 Å². The zero-order valence-corrected chi connectivity index (χ0v) is 12.9. The van der Waals surface area contributed by atoms with E-state index in [0.29, 0.717) is 6.04 Å². The zero-order chi connectivity index (χ0) is 13.9. The molecule has 2 bridgehead atoms. The van der Waals surface area contributed by atoms with Crippen LogP contribution < -0.4 is 5.32 Å². The molecule has 2 aliphatic heterocycles. The Morgan fingerprint density at radius 3 is 2.40 bits per heavy atom. The van der Waals surface area contributed by atoms with Crippen LogP contribution in [0.2, 0.25) is 0 Å². The van der Waals surface area contributed by atoms with Crippen LogP contribution in [-0.4, -0.2) is 29.6 Å². The lowest BCUT2D eigenvalue weighted by molar-refractivity contribution is -0.00601. The summed E-state index contributed by atoms with van der Waals surface area (Å²) in [6.07, 6.45) is 6.86. The standard InChI is InChI=1S/C18H28N2/c1-3-19-16-12-17-10-7-11-18(13-16)20(17)14(2)15-8-5-4-6-9-15/h4-6,8-9,14,16-19H,3,7,10-13H2,1-2H3. The molecule has 110 valence electrons. The first kappa shape index (κ1) is 14.1. The second-order valence-corrected chi connectivity index (χ2v) is 6.50. The number of piperidine rings is 2. The lowest BCUT2D eigenvalue weighted by Crippen LogP contribution is -2.56. The predicted molar refractivity (Wildman–Crippen MR) is 84.8 cm³/mol. The van der Waals surface area contributed by atoms with E-state index in [0.717, 1.165) is 24.7 Å². The maximum atomic E-state index is 3.69. The second-order valence-electron chi connectivity index (χ2n) is 6.50. The van der Waals surface area contributed by atoms with Crippen LogP contribution in [0.25, 0.3) is 0 Å². The molecule has 2 saturated heterocycles. The van der Waals surface area contributed by atoms with Crippen LogP contribution in [0, 0.1) is 0 Å². The van der Waals surface area contributed by atoms with Gasteiger partial charge in [-0.1, -0.05) is 43.7 Å². The SMILES string of the molecule is CCNC1CC2CCCC(C1)N2C(C)c1ccccc1. The van der Waals surface area contributed by atoms with Gasteiger partial charge in [-0.2, -0.15) is 0 Å². The van der Waals surface area contributed by atoms with Gasteiger partial charge in [0.1, 0.15) is 0 Å². The quantitative estimate of drug-likeness (QED) is 0.898. The van der Waals surface area contributed by atoms with E-state index in [1.165, 1.54) is 37.7 Å². The Morgan fingerprint density at radius 2 is 1.80 bits per heavy atom. The summed E-state index contributed by atoms with van der Waals surface area (Å²) in [5, 5.41) is 3.69. The molecule has 0 saturated carbocycles. The summed E-state index contributed by atoms with van der Waals surface area (Å²) in [5.41, 5.74) is 1.48. The van der Waals surface area contributed by atoms with Gasteiger partial charge in [0, 0.05) is 24.2 Å². The molecule has 0 radical (unpaired) electrons. The van der Waals surface area contributed by atoms with Gasteiger partial charge in [0.2, 0.25) is 0 Å². The number of hydrogen-bond donors (Lipinski definition) is 1. The monoisotopic (exact) mass is 272 g/mol. The number of benzene rings is 1. The average Bonchev–Trinajstić information content (AvgIpc) is 2.47. The van der Waals surface area contributed by atoms with Crippen molar-refractivity contribution in [1.82, 2.24) is 10.2 Å².